The summed E-state index contributed by atoms with van der Waals surface area (Å²) in [6.45, 7) is 1.54. The van der Waals surface area contributed by atoms with E-state index in [1.54, 1.807) is 18.3 Å². The van der Waals surface area contributed by atoms with Gasteiger partial charge in [0, 0.05) is 24.2 Å². The third-order valence-corrected chi connectivity index (χ3v) is 3.13. The Morgan fingerprint density at radius 2 is 1.87 bits per heavy atom. The number of nitrogens with zero attached hydrogens (tertiary/aromatic N) is 1. The summed E-state index contributed by atoms with van der Waals surface area (Å²) in [5.74, 6) is 0.0268. The van der Waals surface area contributed by atoms with Crippen molar-refractivity contribution in [2.45, 2.75) is 6.92 Å². The molecular formula is C11H9Cl2NO. The average molecular weight is 242 g/mol. The molecule has 1 heterocycles. The molecule has 2 nitrogen and oxygen atoms in total. The molecule has 0 radical (unpaired) electrons. The molecule has 2 aromatic rings. The minimum atomic E-state index is 0.0268. The van der Waals surface area contributed by atoms with Gasteiger partial charge in [-0.2, -0.15) is 0 Å². The molecule has 0 amide bonds. The van der Waals surface area contributed by atoms with E-state index in [1.807, 2.05) is 11.6 Å². The van der Waals surface area contributed by atoms with Gasteiger partial charge in [-0.05, 0) is 19.1 Å². The van der Waals surface area contributed by atoms with E-state index in [2.05, 4.69) is 0 Å². The number of halogens is 2. The highest BCUT2D eigenvalue weighted by Crippen LogP contribution is 2.30. The zero-order chi connectivity index (χ0) is 11.2. The van der Waals surface area contributed by atoms with Crippen LogP contribution < -0.4 is 0 Å². The van der Waals surface area contributed by atoms with Crippen LogP contribution in [0.15, 0.2) is 18.3 Å². The molecule has 0 spiro atoms. The predicted molar refractivity (Wildman–Crippen MR) is 62.9 cm³/mol. The summed E-state index contributed by atoms with van der Waals surface area (Å²) in [4.78, 5) is 11.4. The van der Waals surface area contributed by atoms with E-state index in [1.165, 1.54) is 6.92 Å². The predicted octanol–water partition coefficient (Wildman–Crippen LogP) is 3.69. The fourth-order valence-corrected chi connectivity index (χ4v) is 1.98. The fourth-order valence-electron chi connectivity index (χ4n) is 1.66. The lowest BCUT2D eigenvalue weighted by Crippen LogP contribution is -1.89. The number of Topliss-reactive ketones (excluding diaryl/α,β-unsaturated/α-hetero) is 1. The average Bonchev–Trinajstić information content (AvgIpc) is 2.45. The number of hydrogen-bond acceptors (Lipinski definition) is 1. The van der Waals surface area contributed by atoms with Crippen molar-refractivity contribution >= 4 is 39.9 Å². The van der Waals surface area contributed by atoms with E-state index in [0.29, 0.717) is 15.6 Å². The number of rotatable bonds is 1. The van der Waals surface area contributed by atoms with Crippen LogP contribution in [0, 0.1) is 0 Å². The Hall–Kier alpha value is -0.990. The van der Waals surface area contributed by atoms with Crippen LogP contribution in [0.2, 0.25) is 10.0 Å². The van der Waals surface area contributed by atoms with Gasteiger partial charge in [-0.25, -0.2) is 0 Å². The third-order valence-electron chi connectivity index (χ3n) is 2.41. The summed E-state index contributed by atoms with van der Waals surface area (Å²) < 4.78 is 1.87. The molecule has 0 aliphatic carbocycles. The second-order valence-electron chi connectivity index (χ2n) is 3.49. The van der Waals surface area contributed by atoms with Gasteiger partial charge in [0.15, 0.2) is 5.78 Å². The van der Waals surface area contributed by atoms with E-state index >= 15 is 0 Å². The quantitative estimate of drug-likeness (QED) is 0.699. The van der Waals surface area contributed by atoms with Crippen molar-refractivity contribution in [3.8, 4) is 0 Å². The van der Waals surface area contributed by atoms with Crippen molar-refractivity contribution < 1.29 is 4.79 Å². The first-order valence-corrected chi connectivity index (χ1v) is 5.21. The molecule has 0 aliphatic heterocycles. The minimum absolute atomic E-state index is 0.0268. The molecular weight excluding hydrogens is 233 g/mol. The Morgan fingerprint density at radius 3 is 2.47 bits per heavy atom. The standard InChI is InChI=1S/C11H9Cl2NO/c1-6(15)8-5-14(2)11-4-10(13)9(12)3-7(8)11/h3-5H,1-2H3. The summed E-state index contributed by atoms with van der Waals surface area (Å²) >= 11 is 11.8. The summed E-state index contributed by atoms with van der Waals surface area (Å²) in [5.41, 5.74) is 1.58. The van der Waals surface area contributed by atoms with Crippen LogP contribution in [-0.2, 0) is 7.05 Å². The Balaban J connectivity index is 2.88. The van der Waals surface area contributed by atoms with Crippen LogP contribution >= 0.6 is 23.2 Å². The molecule has 15 heavy (non-hydrogen) atoms. The minimum Gasteiger partial charge on any atom is -0.350 e. The van der Waals surface area contributed by atoms with Crippen molar-refractivity contribution in [3.63, 3.8) is 0 Å². The first-order valence-electron chi connectivity index (χ1n) is 4.45. The maximum Gasteiger partial charge on any atom is 0.161 e. The zero-order valence-electron chi connectivity index (χ0n) is 8.34. The van der Waals surface area contributed by atoms with Gasteiger partial charge < -0.3 is 4.57 Å². The van der Waals surface area contributed by atoms with Gasteiger partial charge in [0.05, 0.1) is 15.6 Å². The Morgan fingerprint density at radius 1 is 1.27 bits per heavy atom. The molecule has 0 atom stereocenters. The molecule has 1 aromatic heterocycles. The first-order chi connectivity index (χ1) is 7.00. The molecule has 0 bridgehead atoms. The summed E-state index contributed by atoms with van der Waals surface area (Å²) in [6.07, 6.45) is 1.79. The van der Waals surface area contributed by atoms with Gasteiger partial charge in [-0.3, -0.25) is 4.79 Å². The second kappa shape index (κ2) is 3.54. The number of aryl methyl sites for hydroxylation is 1. The number of aromatic nitrogens is 1. The Bertz CT molecular complexity index is 557. The number of carbonyl (C=O) groups is 1. The van der Waals surface area contributed by atoms with Crippen molar-refractivity contribution in [2.24, 2.45) is 7.05 Å². The molecule has 0 fully saturated rings. The topological polar surface area (TPSA) is 22.0 Å². The van der Waals surface area contributed by atoms with E-state index in [4.69, 9.17) is 23.2 Å². The van der Waals surface area contributed by atoms with Crippen LogP contribution in [0.4, 0.5) is 0 Å². The first kappa shape index (κ1) is 10.5. The van der Waals surface area contributed by atoms with Gasteiger partial charge in [-0.1, -0.05) is 23.2 Å². The zero-order valence-corrected chi connectivity index (χ0v) is 9.86. The van der Waals surface area contributed by atoms with Crippen LogP contribution in [0.1, 0.15) is 17.3 Å². The molecule has 4 heteroatoms. The van der Waals surface area contributed by atoms with Crippen LogP contribution in [0.5, 0.6) is 0 Å². The lowest BCUT2D eigenvalue weighted by Gasteiger charge is -1.99. The van der Waals surface area contributed by atoms with Crippen LogP contribution in [0.3, 0.4) is 0 Å². The monoisotopic (exact) mass is 241 g/mol. The van der Waals surface area contributed by atoms with Gasteiger partial charge in [0.25, 0.3) is 0 Å². The second-order valence-corrected chi connectivity index (χ2v) is 4.31. The Labute approximate surface area is 97.4 Å². The SMILES string of the molecule is CC(=O)c1cn(C)c2cc(Cl)c(Cl)cc12. The summed E-state index contributed by atoms with van der Waals surface area (Å²) in [6, 6.07) is 3.50. The molecule has 0 unspecified atom stereocenters. The van der Waals surface area contributed by atoms with Crippen LogP contribution in [-0.4, -0.2) is 10.4 Å². The van der Waals surface area contributed by atoms with E-state index in [-0.39, 0.29) is 5.78 Å². The highest BCUT2D eigenvalue weighted by Gasteiger charge is 2.12. The number of carbonyl (C=O) groups excluding carboxylic acids is 1. The Kier molecular flexibility index (Phi) is 2.49. The van der Waals surface area contributed by atoms with Crippen molar-refractivity contribution in [2.75, 3.05) is 0 Å². The molecule has 0 aliphatic rings. The number of benzene rings is 1. The van der Waals surface area contributed by atoms with E-state index in [9.17, 15) is 4.79 Å². The third kappa shape index (κ3) is 1.64. The maximum absolute atomic E-state index is 11.4. The lowest BCUT2D eigenvalue weighted by atomic mass is 10.1. The molecule has 0 saturated carbocycles. The highest BCUT2D eigenvalue weighted by atomic mass is 35.5. The van der Waals surface area contributed by atoms with Gasteiger partial charge in [0.2, 0.25) is 0 Å². The smallest absolute Gasteiger partial charge is 0.161 e. The molecule has 0 saturated heterocycles. The van der Waals surface area contributed by atoms with Gasteiger partial charge in [-0.15, -0.1) is 0 Å². The lowest BCUT2D eigenvalue weighted by molar-refractivity contribution is 0.101. The largest absolute Gasteiger partial charge is 0.350 e. The fraction of sp³-hybridized carbons (Fsp3) is 0.182. The van der Waals surface area contributed by atoms with Crippen molar-refractivity contribution in [3.05, 3.63) is 33.9 Å². The molecule has 1 aromatic carbocycles. The number of fused-ring (bicyclic) bond motifs is 1. The van der Waals surface area contributed by atoms with E-state index < -0.39 is 0 Å². The molecule has 2 rings (SSSR count). The van der Waals surface area contributed by atoms with Gasteiger partial charge in [0.1, 0.15) is 0 Å². The number of ketones is 1. The molecule has 78 valence electrons. The van der Waals surface area contributed by atoms with Crippen molar-refractivity contribution in [1.29, 1.82) is 0 Å². The summed E-state index contributed by atoms with van der Waals surface area (Å²) in [7, 11) is 1.87. The van der Waals surface area contributed by atoms with E-state index in [0.717, 1.165) is 10.9 Å². The van der Waals surface area contributed by atoms with Gasteiger partial charge >= 0.3 is 0 Å². The number of hydrogen-bond donors (Lipinski definition) is 0. The highest BCUT2D eigenvalue weighted by molar-refractivity contribution is 6.43. The normalized spacial score (nSPS) is 10.9. The molecule has 0 N–H and O–H groups in total. The van der Waals surface area contributed by atoms with Crippen molar-refractivity contribution in [1.82, 2.24) is 4.57 Å². The maximum atomic E-state index is 11.4. The summed E-state index contributed by atoms with van der Waals surface area (Å²) in [5, 5.41) is 1.82. The van der Waals surface area contributed by atoms with Crippen LogP contribution in [0.25, 0.3) is 10.9 Å².